The first kappa shape index (κ1) is 22.2. The second kappa shape index (κ2) is 8.71. The Morgan fingerprint density at radius 1 is 1.16 bits per heavy atom. The van der Waals surface area contributed by atoms with Gasteiger partial charge in [-0.1, -0.05) is 0 Å². The van der Waals surface area contributed by atoms with Crippen LogP contribution in [0.3, 0.4) is 0 Å². The Hall–Kier alpha value is -3.49. The lowest BCUT2D eigenvalue weighted by Crippen LogP contribution is -2.10. The Labute approximate surface area is 176 Å². The number of carbonyl (C=O) groups is 1. The van der Waals surface area contributed by atoms with Gasteiger partial charge in [0.1, 0.15) is 17.6 Å². The quantitative estimate of drug-likeness (QED) is 0.559. The molecule has 0 saturated heterocycles. The first-order valence-corrected chi connectivity index (χ1v) is 9.40. The van der Waals surface area contributed by atoms with Gasteiger partial charge in [-0.15, -0.1) is 0 Å². The minimum Gasteiger partial charge on any atom is -0.486 e. The normalized spacial score (nSPS) is 12.5. The summed E-state index contributed by atoms with van der Waals surface area (Å²) in [5.74, 6) is -0.0445. The van der Waals surface area contributed by atoms with Gasteiger partial charge in [-0.05, 0) is 68.8 Å². The maximum absolute atomic E-state index is 12.8. The van der Waals surface area contributed by atoms with Gasteiger partial charge in [0.2, 0.25) is 0 Å². The molecule has 0 bridgehead atoms. The molecular weight excluding hydrogens is 413 g/mol. The number of hydrogen-bond acceptors (Lipinski definition) is 4. The average Bonchev–Trinajstić information content (AvgIpc) is 3.08. The van der Waals surface area contributed by atoms with E-state index < -0.39 is 24.3 Å². The molecule has 31 heavy (non-hydrogen) atoms. The van der Waals surface area contributed by atoms with Crippen molar-refractivity contribution in [3.8, 4) is 17.2 Å². The number of aliphatic carboxylic acids is 1. The molecule has 0 fully saturated rings. The first-order chi connectivity index (χ1) is 14.5. The second-order valence-electron chi connectivity index (χ2n) is 7.03. The van der Waals surface area contributed by atoms with E-state index in [1.165, 1.54) is 16.8 Å². The zero-order valence-corrected chi connectivity index (χ0v) is 17.1. The second-order valence-corrected chi connectivity index (χ2v) is 7.03. The number of carboxylic acids is 1. The van der Waals surface area contributed by atoms with Gasteiger partial charge in [0.15, 0.2) is 6.61 Å². The Balaban J connectivity index is 1.74. The first-order valence-electron chi connectivity index (χ1n) is 9.40. The van der Waals surface area contributed by atoms with Crippen LogP contribution in [0.25, 0.3) is 5.69 Å². The van der Waals surface area contributed by atoms with E-state index in [9.17, 15) is 18.0 Å². The number of halogens is 3. The molecule has 1 N–H and O–H groups in total. The fourth-order valence-electron chi connectivity index (χ4n) is 3.07. The van der Waals surface area contributed by atoms with Crippen LogP contribution in [0.4, 0.5) is 13.2 Å². The summed E-state index contributed by atoms with van der Waals surface area (Å²) in [6, 6.07) is 9.82. The number of hydrogen-bond donors (Lipinski definition) is 1. The number of aromatic nitrogens is 2. The van der Waals surface area contributed by atoms with Crippen molar-refractivity contribution < 1.29 is 32.5 Å². The molecule has 0 amide bonds. The zero-order chi connectivity index (χ0) is 22.8. The van der Waals surface area contributed by atoms with Crippen LogP contribution in [0.2, 0.25) is 0 Å². The predicted octanol–water partition coefficient (Wildman–Crippen LogP) is 5.11. The largest absolute Gasteiger partial charge is 0.486 e. The molecular formula is C22H21F3N2O4. The molecule has 0 spiro atoms. The summed E-state index contributed by atoms with van der Waals surface area (Å²) >= 11 is 0. The highest BCUT2D eigenvalue weighted by Gasteiger charge is 2.30. The summed E-state index contributed by atoms with van der Waals surface area (Å²) in [6.45, 7) is 4.98. The number of alkyl halides is 3. The maximum atomic E-state index is 12.8. The van der Waals surface area contributed by atoms with Gasteiger partial charge < -0.3 is 14.6 Å². The highest BCUT2D eigenvalue weighted by molar-refractivity contribution is 5.68. The van der Waals surface area contributed by atoms with Crippen molar-refractivity contribution in [2.45, 2.75) is 33.1 Å². The van der Waals surface area contributed by atoms with E-state index in [0.29, 0.717) is 22.9 Å². The molecule has 1 unspecified atom stereocenters. The third kappa shape index (κ3) is 5.36. The Morgan fingerprint density at radius 2 is 1.84 bits per heavy atom. The third-order valence-corrected chi connectivity index (χ3v) is 4.64. The zero-order valence-electron chi connectivity index (χ0n) is 17.1. The lowest BCUT2D eigenvalue weighted by molar-refractivity contribution is -0.139. The molecule has 0 radical (unpaired) electrons. The van der Waals surface area contributed by atoms with Crippen LogP contribution in [0.5, 0.6) is 11.5 Å². The van der Waals surface area contributed by atoms with Crippen LogP contribution < -0.4 is 9.47 Å². The molecule has 3 aromatic rings. The molecule has 9 heteroatoms. The smallest absolute Gasteiger partial charge is 0.416 e. The van der Waals surface area contributed by atoms with E-state index >= 15 is 0 Å². The average molecular weight is 434 g/mol. The van der Waals surface area contributed by atoms with Crippen molar-refractivity contribution in [3.63, 3.8) is 0 Å². The summed E-state index contributed by atoms with van der Waals surface area (Å²) in [4.78, 5) is 10.6. The predicted molar refractivity (Wildman–Crippen MR) is 107 cm³/mol. The summed E-state index contributed by atoms with van der Waals surface area (Å²) in [6.07, 6.45) is -3.05. The van der Waals surface area contributed by atoms with Gasteiger partial charge in [0.25, 0.3) is 0 Å². The van der Waals surface area contributed by atoms with Gasteiger partial charge >= 0.3 is 12.1 Å². The highest BCUT2D eigenvalue weighted by atomic mass is 19.4. The van der Waals surface area contributed by atoms with Crippen molar-refractivity contribution in [1.82, 2.24) is 9.78 Å². The molecule has 2 aromatic carbocycles. The summed E-state index contributed by atoms with van der Waals surface area (Å²) in [5, 5.41) is 13.1. The summed E-state index contributed by atoms with van der Waals surface area (Å²) in [5.41, 5.74) is 1.98. The number of carboxylic acid groups (broad SMARTS) is 1. The molecule has 0 aliphatic heterocycles. The molecule has 0 aliphatic rings. The van der Waals surface area contributed by atoms with Gasteiger partial charge in [0.05, 0.1) is 16.9 Å². The number of ether oxygens (including phenoxy) is 2. The topological polar surface area (TPSA) is 73.6 Å². The monoisotopic (exact) mass is 434 g/mol. The van der Waals surface area contributed by atoms with E-state index in [-0.39, 0.29) is 6.10 Å². The van der Waals surface area contributed by atoms with Crippen molar-refractivity contribution in [2.24, 2.45) is 0 Å². The lowest BCUT2D eigenvalue weighted by atomic mass is 10.1. The van der Waals surface area contributed by atoms with E-state index in [0.717, 1.165) is 23.3 Å². The highest BCUT2D eigenvalue weighted by Crippen LogP contribution is 2.31. The van der Waals surface area contributed by atoms with Crippen LogP contribution in [0.15, 0.2) is 48.7 Å². The molecule has 164 valence electrons. The standard InChI is InChI=1S/C22H21F3N2O4/c1-13-10-18(8-9-20(13)30-12-21(28)29)31-15(3)19-11-27(26-14(19)2)17-6-4-16(5-7-17)22(23,24)25/h4-11,15H,12H2,1-3H3,(H,28,29). The van der Waals surface area contributed by atoms with Gasteiger partial charge in [-0.2, -0.15) is 18.3 Å². The van der Waals surface area contributed by atoms with Crippen molar-refractivity contribution in [3.05, 3.63) is 71.0 Å². The van der Waals surface area contributed by atoms with Crippen LogP contribution in [0, 0.1) is 13.8 Å². The Morgan fingerprint density at radius 3 is 2.42 bits per heavy atom. The fraction of sp³-hybridized carbons (Fsp3) is 0.273. The maximum Gasteiger partial charge on any atom is 0.416 e. The molecule has 6 nitrogen and oxygen atoms in total. The summed E-state index contributed by atoms with van der Waals surface area (Å²) in [7, 11) is 0. The van der Waals surface area contributed by atoms with Gasteiger partial charge in [-0.25, -0.2) is 9.48 Å². The molecule has 0 aliphatic carbocycles. The van der Waals surface area contributed by atoms with Crippen molar-refractivity contribution in [1.29, 1.82) is 0 Å². The van der Waals surface area contributed by atoms with E-state index in [1.54, 1.807) is 38.2 Å². The molecule has 0 saturated carbocycles. The van der Waals surface area contributed by atoms with E-state index in [1.807, 2.05) is 6.92 Å². The van der Waals surface area contributed by atoms with Gasteiger partial charge in [-0.3, -0.25) is 0 Å². The van der Waals surface area contributed by atoms with Crippen LogP contribution in [0.1, 0.15) is 35.4 Å². The lowest BCUT2D eigenvalue weighted by Gasteiger charge is -2.15. The molecule has 3 rings (SSSR count). The number of nitrogens with zero attached hydrogens (tertiary/aromatic N) is 2. The van der Waals surface area contributed by atoms with Crippen LogP contribution >= 0.6 is 0 Å². The van der Waals surface area contributed by atoms with Crippen LogP contribution in [-0.4, -0.2) is 27.5 Å². The minimum absolute atomic E-state index is 0.381. The minimum atomic E-state index is -4.39. The molecule has 1 atom stereocenters. The Bertz CT molecular complexity index is 1080. The van der Waals surface area contributed by atoms with Gasteiger partial charge in [0, 0.05) is 11.8 Å². The number of rotatable bonds is 7. The van der Waals surface area contributed by atoms with Crippen molar-refractivity contribution >= 4 is 5.97 Å². The summed E-state index contributed by atoms with van der Waals surface area (Å²) < 4.78 is 51.0. The number of aryl methyl sites for hydroxylation is 2. The molecule has 1 aromatic heterocycles. The van der Waals surface area contributed by atoms with E-state index in [2.05, 4.69) is 5.10 Å². The van der Waals surface area contributed by atoms with Crippen molar-refractivity contribution in [2.75, 3.05) is 6.61 Å². The molecule has 1 heterocycles. The van der Waals surface area contributed by atoms with Crippen LogP contribution in [-0.2, 0) is 11.0 Å². The third-order valence-electron chi connectivity index (χ3n) is 4.64. The SMILES string of the molecule is Cc1cc(OC(C)c2cn(-c3ccc(C(F)(F)F)cc3)nc2C)ccc1OCC(=O)O. The Kier molecular flexibility index (Phi) is 6.24. The fourth-order valence-corrected chi connectivity index (χ4v) is 3.07. The number of benzene rings is 2. The van der Waals surface area contributed by atoms with E-state index in [4.69, 9.17) is 14.6 Å².